The largest absolute Gasteiger partial charge is 0.464 e. The molecule has 1 atom stereocenters. The van der Waals surface area contributed by atoms with Crippen molar-refractivity contribution in [3.63, 3.8) is 0 Å². The molecule has 21 heavy (non-hydrogen) atoms. The van der Waals surface area contributed by atoms with Crippen LogP contribution >= 0.6 is 0 Å². The Morgan fingerprint density at radius 2 is 2.19 bits per heavy atom. The van der Waals surface area contributed by atoms with Crippen molar-refractivity contribution in [3.8, 4) is 5.75 Å². The molecule has 1 amide bonds. The molecule has 0 saturated heterocycles. The molecule has 112 valence electrons. The molecule has 0 N–H and O–H groups in total. The number of anilines is 1. The molecule has 0 saturated carbocycles. The van der Waals surface area contributed by atoms with Crippen LogP contribution in [0.5, 0.6) is 5.75 Å². The Morgan fingerprint density at radius 3 is 2.76 bits per heavy atom. The molecule has 0 spiro atoms. The average molecular weight is 294 g/mol. The van der Waals surface area contributed by atoms with Gasteiger partial charge in [0.05, 0.1) is 17.2 Å². The number of fused-ring (bicyclic) bond motifs is 1. The number of nitro benzene ring substituents is 1. The zero-order chi connectivity index (χ0) is 15.8. The van der Waals surface area contributed by atoms with Crippen molar-refractivity contribution in [2.45, 2.75) is 19.4 Å². The number of hydrogen-bond donors (Lipinski definition) is 0. The van der Waals surface area contributed by atoms with Gasteiger partial charge in [0.25, 0.3) is 17.2 Å². The third-order valence-corrected chi connectivity index (χ3v) is 3.21. The second-order valence-corrected chi connectivity index (χ2v) is 4.63. The normalized spacial score (nSPS) is 20.5. The van der Waals surface area contributed by atoms with Gasteiger partial charge in [-0.2, -0.15) is 0 Å². The van der Waals surface area contributed by atoms with E-state index in [0.29, 0.717) is 0 Å². The molecule has 8 nitrogen and oxygen atoms in total. The number of carbonyl (C=O) groups is 2. The number of amides is 1. The highest BCUT2D eigenvalue weighted by atomic mass is 16.6. The molecule has 8 heteroatoms. The van der Waals surface area contributed by atoms with Crippen molar-refractivity contribution in [3.05, 3.63) is 28.3 Å². The van der Waals surface area contributed by atoms with Crippen molar-refractivity contribution in [1.29, 1.82) is 0 Å². The summed E-state index contributed by atoms with van der Waals surface area (Å²) in [5, 5.41) is 10.8. The molecular weight excluding hydrogens is 280 g/mol. The molecule has 1 aromatic carbocycles. The van der Waals surface area contributed by atoms with Crippen LogP contribution in [0.3, 0.4) is 0 Å². The highest BCUT2D eigenvalue weighted by Gasteiger charge is 2.51. The fourth-order valence-corrected chi connectivity index (χ4v) is 2.06. The fraction of sp³-hybridized carbons (Fsp3) is 0.385. The number of non-ortho nitro benzene ring substituents is 1. The first-order chi connectivity index (χ1) is 9.81. The van der Waals surface area contributed by atoms with Crippen LogP contribution in [0.4, 0.5) is 11.4 Å². The highest BCUT2D eigenvalue weighted by molar-refractivity contribution is 6.14. The van der Waals surface area contributed by atoms with E-state index in [1.807, 2.05) is 0 Å². The van der Waals surface area contributed by atoms with Gasteiger partial charge < -0.3 is 14.4 Å². The Morgan fingerprint density at radius 1 is 1.52 bits per heavy atom. The summed E-state index contributed by atoms with van der Waals surface area (Å²) in [5.41, 5.74) is -1.74. The minimum atomic E-state index is -1.80. The van der Waals surface area contributed by atoms with E-state index in [-0.39, 0.29) is 23.7 Å². The average Bonchev–Trinajstić information content (AvgIpc) is 2.44. The first-order valence-corrected chi connectivity index (χ1v) is 6.24. The van der Waals surface area contributed by atoms with Crippen LogP contribution in [0.2, 0.25) is 0 Å². The Labute approximate surface area is 120 Å². The van der Waals surface area contributed by atoms with Crippen LogP contribution in [-0.2, 0) is 14.3 Å². The molecule has 0 aliphatic carbocycles. The van der Waals surface area contributed by atoms with Crippen LogP contribution in [-0.4, -0.2) is 36.1 Å². The van der Waals surface area contributed by atoms with Crippen molar-refractivity contribution in [2.24, 2.45) is 0 Å². The standard InChI is InChI=1S/C13H14N2O6/c1-4-20-12(17)13(2)11(16)14(3)9-7-8(15(18)19)5-6-10(9)21-13/h5-7H,4H2,1-3H3. The highest BCUT2D eigenvalue weighted by Crippen LogP contribution is 2.39. The topological polar surface area (TPSA) is 99.0 Å². The van der Waals surface area contributed by atoms with Crippen LogP contribution in [0.1, 0.15) is 13.8 Å². The Bertz CT molecular complexity index is 629. The lowest BCUT2D eigenvalue weighted by atomic mass is 10.0. The number of hydrogen-bond acceptors (Lipinski definition) is 6. The number of esters is 1. The summed E-state index contributed by atoms with van der Waals surface area (Å²) in [7, 11) is 1.42. The Kier molecular flexibility index (Phi) is 3.54. The van der Waals surface area contributed by atoms with Gasteiger partial charge in [-0.1, -0.05) is 0 Å². The van der Waals surface area contributed by atoms with Crippen LogP contribution in [0.15, 0.2) is 18.2 Å². The van der Waals surface area contributed by atoms with E-state index < -0.39 is 22.4 Å². The molecule has 1 heterocycles. The molecule has 0 bridgehead atoms. The van der Waals surface area contributed by atoms with Crippen molar-refractivity contribution in [2.75, 3.05) is 18.6 Å². The number of nitrogens with zero attached hydrogens (tertiary/aromatic N) is 2. The lowest BCUT2D eigenvalue weighted by molar-refractivity contribution is -0.384. The third-order valence-electron chi connectivity index (χ3n) is 3.21. The molecule has 1 aromatic rings. The van der Waals surface area contributed by atoms with Gasteiger partial charge in [0.1, 0.15) is 5.75 Å². The second-order valence-electron chi connectivity index (χ2n) is 4.63. The molecule has 0 radical (unpaired) electrons. The van der Waals surface area contributed by atoms with E-state index in [1.165, 1.54) is 32.2 Å². The summed E-state index contributed by atoms with van der Waals surface area (Å²) in [6, 6.07) is 3.82. The minimum Gasteiger partial charge on any atom is -0.464 e. The number of likely N-dealkylation sites (N-methyl/N-ethyl adjacent to an activating group) is 1. The quantitative estimate of drug-likeness (QED) is 0.360. The summed E-state index contributed by atoms with van der Waals surface area (Å²) in [5.74, 6) is -1.24. The lowest BCUT2D eigenvalue weighted by Gasteiger charge is -2.36. The van der Waals surface area contributed by atoms with Gasteiger partial charge in [0.2, 0.25) is 0 Å². The minimum absolute atomic E-state index is 0.113. The summed E-state index contributed by atoms with van der Waals surface area (Å²) in [4.78, 5) is 35.7. The van der Waals surface area contributed by atoms with Gasteiger partial charge in [0.15, 0.2) is 0 Å². The van der Waals surface area contributed by atoms with Crippen LogP contribution in [0, 0.1) is 10.1 Å². The van der Waals surface area contributed by atoms with Crippen molar-refractivity contribution >= 4 is 23.3 Å². The zero-order valence-corrected chi connectivity index (χ0v) is 11.8. The van der Waals surface area contributed by atoms with E-state index in [2.05, 4.69) is 0 Å². The van der Waals surface area contributed by atoms with E-state index in [1.54, 1.807) is 6.92 Å². The predicted octanol–water partition coefficient (Wildman–Crippen LogP) is 1.27. The Balaban J connectivity index is 2.47. The first kappa shape index (κ1) is 14.8. The zero-order valence-electron chi connectivity index (χ0n) is 11.8. The van der Waals surface area contributed by atoms with E-state index in [4.69, 9.17) is 9.47 Å². The molecule has 2 rings (SSSR count). The van der Waals surface area contributed by atoms with E-state index in [9.17, 15) is 19.7 Å². The maximum absolute atomic E-state index is 12.3. The molecule has 1 aliphatic heterocycles. The lowest BCUT2D eigenvalue weighted by Crippen LogP contribution is -2.58. The molecule has 1 unspecified atom stereocenters. The maximum atomic E-state index is 12.3. The number of carbonyl (C=O) groups excluding carboxylic acids is 2. The molecular formula is C13H14N2O6. The second kappa shape index (κ2) is 5.04. The van der Waals surface area contributed by atoms with Gasteiger partial charge in [-0.05, 0) is 19.9 Å². The monoisotopic (exact) mass is 294 g/mol. The van der Waals surface area contributed by atoms with Gasteiger partial charge in [-0.25, -0.2) is 4.79 Å². The Hall–Kier alpha value is -2.64. The summed E-state index contributed by atoms with van der Waals surface area (Å²) < 4.78 is 10.3. The van der Waals surface area contributed by atoms with Gasteiger partial charge in [0, 0.05) is 19.2 Å². The number of nitro groups is 1. The van der Waals surface area contributed by atoms with Gasteiger partial charge in [-0.3, -0.25) is 14.9 Å². The van der Waals surface area contributed by atoms with Gasteiger partial charge in [-0.15, -0.1) is 0 Å². The number of benzene rings is 1. The molecule has 1 aliphatic rings. The van der Waals surface area contributed by atoms with Crippen LogP contribution < -0.4 is 9.64 Å². The summed E-state index contributed by atoms with van der Waals surface area (Å²) in [6.07, 6.45) is 0. The first-order valence-electron chi connectivity index (χ1n) is 6.24. The van der Waals surface area contributed by atoms with Crippen molar-refractivity contribution in [1.82, 2.24) is 0 Å². The van der Waals surface area contributed by atoms with Crippen LogP contribution in [0.25, 0.3) is 0 Å². The summed E-state index contributed by atoms with van der Waals surface area (Å²) in [6.45, 7) is 3.05. The number of rotatable bonds is 3. The third kappa shape index (κ3) is 2.28. The van der Waals surface area contributed by atoms with Crippen molar-refractivity contribution < 1.29 is 24.0 Å². The predicted molar refractivity (Wildman–Crippen MR) is 72.2 cm³/mol. The summed E-state index contributed by atoms with van der Waals surface area (Å²) >= 11 is 0. The molecule has 0 aromatic heterocycles. The fourth-order valence-electron chi connectivity index (χ4n) is 2.06. The molecule has 0 fully saturated rings. The SMILES string of the molecule is CCOC(=O)C1(C)Oc2ccc([N+](=O)[O-])cc2N(C)C1=O. The smallest absolute Gasteiger partial charge is 0.360 e. The van der Waals surface area contributed by atoms with E-state index in [0.717, 1.165) is 4.90 Å². The maximum Gasteiger partial charge on any atom is 0.360 e. The van der Waals surface area contributed by atoms with Gasteiger partial charge >= 0.3 is 5.97 Å². The number of ether oxygens (including phenoxy) is 2. The van der Waals surface area contributed by atoms with E-state index >= 15 is 0 Å².